The summed E-state index contributed by atoms with van der Waals surface area (Å²) in [6.45, 7) is 0.786. The highest BCUT2D eigenvalue weighted by Gasteiger charge is 2.20. The van der Waals surface area contributed by atoms with Crippen LogP contribution < -0.4 is 14.8 Å². The molecule has 30 heavy (non-hydrogen) atoms. The normalized spacial score (nSPS) is 11.9. The summed E-state index contributed by atoms with van der Waals surface area (Å²) in [5.74, 6) is -0.916. The first-order valence-electron chi connectivity index (χ1n) is 8.67. The molecule has 3 rings (SSSR count). The third-order valence-corrected chi connectivity index (χ3v) is 4.03. The first kappa shape index (κ1) is 20.5. The third-order valence-electron chi connectivity index (χ3n) is 4.03. The monoisotopic (exact) mass is 412 g/mol. The van der Waals surface area contributed by atoms with E-state index < -0.39 is 23.4 Å². The minimum Gasteiger partial charge on any atom is -0.454 e. The maximum absolute atomic E-state index is 12.1. The summed E-state index contributed by atoms with van der Waals surface area (Å²) < 4.78 is 15.3. The number of ether oxygens (including phenoxy) is 3. The highest BCUT2D eigenvalue weighted by atomic mass is 16.7. The second-order valence-corrected chi connectivity index (χ2v) is 6.15. The molecule has 1 aliphatic heterocycles. The molecule has 154 valence electrons. The van der Waals surface area contributed by atoms with Crippen molar-refractivity contribution in [3.8, 4) is 11.5 Å². The van der Waals surface area contributed by atoms with Crippen molar-refractivity contribution in [1.82, 2.24) is 0 Å². The molecule has 0 saturated carbocycles. The van der Waals surface area contributed by atoms with Crippen molar-refractivity contribution in [1.29, 1.82) is 0 Å². The summed E-state index contributed by atoms with van der Waals surface area (Å²) >= 11 is 0. The number of fused-ring (bicyclic) bond motifs is 1. The van der Waals surface area contributed by atoms with Crippen LogP contribution in [0.3, 0.4) is 0 Å². The molecule has 0 saturated heterocycles. The zero-order valence-electron chi connectivity index (χ0n) is 15.7. The third kappa shape index (κ3) is 4.98. The minimum absolute atomic E-state index is 0.0167. The van der Waals surface area contributed by atoms with Crippen LogP contribution in [-0.4, -0.2) is 36.0 Å². The van der Waals surface area contributed by atoms with E-state index in [1.807, 2.05) is 0 Å². The van der Waals surface area contributed by atoms with Crippen molar-refractivity contribution in [3.63, 3.8) is 0 Å². The van der Waals surface area contributed by atoms with Gasteiger partial charge in [-0.3, -0.25) is 19.7 Å². The van der Waals surface area contributed by atoms with E-state index in [0.29, 0.717) is 17.1 Å². The van der Waals surface area contributed by atoms with Gasteiger partial charge in [-0.1, -0.05) is 0 Å². The van der Waals surface area contributed by atoms with Gasteiger partial charge in [-0.15, -0.1) is 0 Å². The molecule has 1 heterocycles. The number of anilines is 1. The zero-order valence-corrected chi connectivity index (χ0v) is 15.7. The number of nitro benzene ring substituents is 1. The highest BCUT2D eigenvalue weighted by Crippen LogP contribution is 2.37. The number of nitrogens with zero attached hydrogens (tertiary/aromatic N) is 1. The SMILES string of the molecule is CC(=O)c1cc2c(cc1NC(=O)COC(=O)/C=C/c1ccc([N+](=O)[O-])cc1)OCO2. The van der Waals surface area contributed by atoms with Gasteiger partial charge in [0.15, 0.2) is 23.9 Å². The molecule has 0 aromatic heterocycles. The number of hydrogen-bond donors (Lipinski definition) is 1. The van der Waals surface area contributed by atoms with Crippen molar-refractivity contribution in [2.45, 2.75) is 6.92 Å². The summed E-state index contributed by atoms with van der Waals surface area (Å²) in [7, 11) is 0. The molecule has 0 bridgehead atoms. The van der Waals surface area contributed by atoms with Gasteiger partial charge in [0.2, 0.25) is 6.79 Å². The van der Waals surface area contributed by atoms with E-state index in [4.69, 9.17) is 14.2 Å². The van der Waals surface area contributed by atoms with Crippen LogP contribution in [0.5, 0.6) is 11.5 Å². The molecule has 1 amide bonds. The summed E-state index contributed by atoms with van der Waals surface area (Å²) in [5.41, 5.74) is 0.930. The first-order chi connectivity index (χ1) is 14.3. The standard InChI is InChI=1S/C20H16N2O8/c1-12(23)15-8-17-18(30-11-29-17)9-16(15)21-19(24)10-28-20(25)7-4-13-2-5-14(6-3-13)22(26)27/h2-9H,10-11H2,1H3,(H,21,24)/b7-4+. The zero-order chi connectivity index (χ0) is 21.7. The molecular formula is C20H16N2O8. The Balaban J connectivity index is 1.56. The van der Waals surface area contributed by atoms with Gasteiger partial charge in [0.1, 0.15) is 0 Å². The second kappa shape index (κ2) is 8.86. The second-order valence-electron chi connectivity index (χ2n) is 6.15. The van der Waals surface area contributed by atoms with Crippen LogP contribution in [0.4, 0.5) is 11.4 Å². The molecular weight excluding hydrogens is 396 g/mol. The number of nitro groups is 1. The van der Waals surface area contributed by atoms with Crippen LogP contribution in [0.15, 0.2) is 42.5 Å². The topological polar surface area (TPSA) is 134 Å². The summed E-state index contributed by atoms with van der Waals surface area (Å²) in [6.07, 6.45) is 2.49. The maximum Gasteiger partial charge on any atom is 0.331 e. The van der Waals surface area contributed by atoms with E-state index in [0.717, 1.165) is 6.08 Å². The predicted octanol–water partition coefficient (Wildman–Crippen LogP) is 2.72. The lowest BCUT2D eigenvalue weighted by Crippen LogP contribution is -2.21. The Morgan fingerprint density at radius 3 is 2.47 bits per heavy atom. The highest BCUT2D eigenvalue weighted by molar-refractivity contribution is 6.05. The number of amides is 1. The Labute approximate surface area is 170 Å². The Bertz CT molecular complexity index is 1040. The van der Waals surface area contributed by atoms with E-state index in [1.165, 1.54) is 49.4 Å². The van der Waals surface area contributed by atoms with Gasteiger partial charge < -0.3 is 19.5 Å². The first-order valence-corrected chi connectivity index (χ1v) is 8.67. The van der Waals surface area contributed by atoms with Gasteiger partial charge in [0, 0.05) is 29.8 Å². The van der Waals surface area contributed by atoms with Crippen molar-refractivity contribution in [2.24, 2.45) is 0 Å². The van der Waals surface area contributed by atoms with Crippen LogP contribution in [-0.2, 0) is 14.3 Å². The molecule has 0 unspecified atom stereocenters. The largest absolute Gasteiger partial charge is 0.454 e. The molecule has 0 spiro atoms. The van der Waals surface area contributed by atoms with E-state index >= 15 is 0 Å². The molecule has 10 nitrogen and oxygen atoms in total. The number of nitrogens with one attached hydrogen (secondary N) is 1. The molecule has 0 atom stereocenters. The fourth-order valence-electron chi connectivity index (χ4n) is 2.58. The van der Waals surface area contributed by atoms with Crippen LogP contribution in [0, 0.1) is 10.1 Å². The Morgan fingerprint density at radius 1 is 1.17 bits per heavy atom. The van der Waals surface area contributed by atoms with Crippen molar-refractivity contribution in [3.05, 3.63) is 63.7 Å². The fourth-order valence-corrected chi connectivity index (χ4v) is 2.58. The lowest BCUT2D eigenvalue weighted by Gasteiger charge is -2.10. The molecule has 2 aromatic rings. The van der Waals surface area contributed by atoms with E-state index in [1.54, 1.807) is 0 Å². The molecule has 1 aliphatic rings. The number of ketones is 1. The van der Waals surface area contributed by atoms with Crippen LogP contribution in [0.2, 0.25) is 0 Å². The van der Waals surface area contributed by atoms with Crippen LogP contribution in [0.25, 0.3) is 6.08 Å². The molecule has 10 heteroatoms. The smallest absolute Gasteiger partial charge is 0.331 e. The lowest BCUT2D eigenvalue weighted by molar-refractivity contribution is -0.384. The number of benzene rings is 2. The molecule has 0 fully saturated rings. The minimum atomic E-state index is -0.777. The summed E-state index contributed by atoms with van der Waals surface area (Å²) in [4.78, 5) is 45.8. The van der Waals surface area contributed by atoms with Crippen LogP contribution >= 0.6 is 0 Å². The lowest BCUT2D eigenvalue weighted by atomic mass is 10.1. The van der Waals surface area contributed by atoms with E-state index in [9.17, 15) is 24.5 Å². The number of esters is 1. The Kier molecular flexibility index (Phi) is 6.06. The van der Waals surface area contributed by atoms with E-state index in [-0.39, 0.29) is 29.5 Å². The van der Waals surface area contributed by atoms with Gasteiger partial charge in [-0.05, 0) is 36.8 Å². The number of carbonyl (C=O) groups is 3. The molecule has 1 N–H and O–H groups in total. The number of carbonyl (C=O) groups excluding carboxylic acids is 3. The van der Waals surface area contributed by atoms with E-state index in [2.05, 4.69) is 5.32 Å². The maximum atomic E-state index is 12.1. The molecule has 0 radical (unpaired) electrons. The molecule has 0 aliphatic carbocycles. The van der Waals surface area contributed by atoms with Crippen molar-refractivity contribution >= 4 is 35.1 Å². The number of Topliss-reactive ketones (excluding diaryl/α,β-unsaturated/α-hetero) is 1. The number of rotatable bonds is 7. The van der Waals surface area contributed by atoms with Gasteiger partial charge in [-0.2, -0.15) is 0 Å². The number of hydrogen-bond acceptors (Lipinski definition) is 8. The quantitative estimate of drug-likeness (QED) is 0.241. The van der Waals surface area contributed by atoms with Crippen molar-refractivity contribution < 1.29 is 33.5 Å². The number of non-ortho nitro benzene ring substituents is 1. The fraction of sp³-hybridized carbons (Fsp3) is 0.150. The Morgan fingerprint density at radius 2 is 1.83 bits per heavy atom. The van der Waals surface area contributed by atoms with Gasteiger partial charge in [0.05, 0.1) is 10.6 Å². The Hall–Kier alpha value is -4.21. The van der Waals surface area contributed by atoms with Crippen molar-refractivity contribution in [2.75, 3.05) is 18.7 Å². The van der Waals surface area contributed by atoms with Crippen LogP contribution in [0.1, 0.15) is 22.8 Å². The summed E-state index contributed by atoms with van der Waals surface area (Å²) in [6, 6.07) is 8.48. The van der Waals surface area contributed by atoms with Gasteiger partial charge >= 0.3 is 5.97 Å². The van der Waals surface area contributed by atoms with Gasteiger partial charge in [0.25, 0.3) is 11.6 Å². The van der Waals surface area contributed by atoms with Gasteiger partial charge in [-0.25, -0.2) is 4.79 Å². The average molecular weight is 412 g/mol. The average Bonchev–Trinajstić information content (AvgIpc) is 3.17. The molecule has 2 aromatic carbocycles. The predicted molar refractivity (Wildman–Crippen MR) is 104 cm³/mol. The summed E-state index contributed by atoms with van der Waals surface area (Å²) in [5, 5.41) is 13.1.